The van der Waals surface area contributed by atoms with Gasteiger partial charge in [-0.1, -0.05) is 54.6 Å². The van der Waals surface area contributed by atoms with E-state index in [1.807, 2.05) is 18.2 Å². The van der Waals surface area contributed by atoms with E-state index in [1.165, 1.54) is 42.7 Å². The van der Waals surface area contributed by atoms with Crippen LogP contribution in [0.1, 0.15) is 48.5 Å². The van der Waals surface area contributed by atoms with Crippen LogP contribution in [0.3, 0.4) is 0 Å². The molecular weight excluding hydrogens is 432 g/mol. The lowest BCUT2D eigenvalue weighted by Crippen LogP contribution is -2.47. The quantitative estimate of drug-likeness (QED) is 0.349. The third kappa shape index (κ3) is 5.54. The zero-order chi connectivity index (χ0) is 23.3. The Bertz CT molecular complexity index is 982. The predicted molar refractivity (Wildman–Crippen MR) is 128 cm³/mol. The average molecular weight is 464 g/mol. The lowest BCUT2D eigenvalue weighted by molar-refractivity contribution is -0.0533. The Morgan fingerprint density at radius 3 is 1.88 bits per heavy atom. The van der Waals surface area contributed by atoms with Gasteiger partial charge in [0.2, 0.25) is 0 Å². The molecule has 0 aliphatic carbocycles. The Morgan fingerprint density at radius 2 is 1.32 bits per heavy atom. The fourth-order valence-electron chi connectivity index (χ4n) is 5.45. The van der Waals surface area contributed by atoms with Crippen molar-refractivity contribution < 1.29 is 18.3 Å². The van der Waals surface area contributed by atoms with Gasteiger partial charge in [-0.15, -0.1) is 0 Å². The minimum Gasteiger partial charge on any atom is -0.375 e. The number of ether oxygens (including phenoxy) is 2. The Morgan fingerprint density at radius 1 is 0.765 bits per heavy atom. The van der Waals surface area contributed by atoms with Crippen molar-refractivity contribution in [2.75, 3.05) is 13.2 Å². The van der Waals surface area contributed by atoms with Crippen LogP contribution in [0.15, 0.2) is 78.9 Å². The van der Waals surface area contributed by atoms with Gasteiger partial charge in [0.15, 0.2) is 0 Å². The van der Waals surface area contributed by atoms with E-state index in [4.69, 9.17) is 9.47 Å². The van der Waals surface area contributed by atoms with Gasteiger partial charge in [-0.3, -0.25) is 4.90 Å². The molecule has 2 heterocycles. The lowest BCUT2D eigenvalue weighted by Gasteiger charge is -2.40. The molecule has 0 amide bonds. The highest BCUT2D eigenvalue weighted by Gasteiger charge is 2.41. The SMILES string of the molecule is Fc1ccc(C(OC2C[C@H]3CC[C@@H](C2)N3CCOCc2ccccc2)c2ccc(F)cc2)cc1. The van der Waals surface area contributed by atoms with Crippen molar-refractivity contribution in [1.82, 2.24) is 4.90 Å². The molecule has 2 fully saturated rings. The predicted octanol–water partition coefficient (Wildman–Crippen LogP) is 6.28. The smallest absolute Gasteiger partial charge is 0.123 e. The van der Waals surface area contributed by atoms with Gasteiger partial charge < -0.3 is 9.47 Å². The molecule has 178 valence electrons. The maximum Gasteiger partial charge on any atom is 0.123 e. The molecule has 34 heavy (non-hydrogen) atoms. The summed E-state index contributed by atoms with van der Waals surface area (Å²) in [6.45, 7) is 2.31. The molecule has 5 rings (SSSR count). The number of hydrogen-bond donors (Lipinski definition) is 0. The van der Waals surface area contributed by atoms with Gasteiger partial charge in [0, 0.05) is 18.6 Å². The molecule has 2 aliphatic rings. The van der Waals surface area contributed by atoms with E-state index >= 15 is 0 Å². The molecule has 2 saturated heterocycles. The van der Waals surface area contributed by atoms with Crippen LogP contribution in [-0.4, -0.2) is 36.2 Å². The number of hydrogen-bond acceptors (Lipinski definition) is 3. The first-order valence-corrected chi connectivity index (χ1v) is 12.2. The van der Waals surface area contributed by atoms with Crippen LogP contribution >= 0.6 is 0 Å². The van der Waals surface area contributed by atoms with E-state index in [1.54, 1.807) is 24.3 Å². The number of benzene rings is 3. The monoisotopic (exact) mass is 463 g/mol. The summed E-state index contributed by atoms with van der Waals surface area (Å²) in [5.74, 6) is -0.551. The first-order chi connectivity index (χ1) is 16.7. The first kappa shape index (κ1) is 23.2. The number of piperidine rings is 1. The van der Waals surface area contributed by atoms with Gasteiger partial charge in [-0.25, -0.2) is 8.78 Å². The molecule has 0 aromatic heterocycles. The molecule has 0 saturated carbocycles. The van der Waals surface area contributed by atoms with E-state index in [0.29, 0.717) is 18.7 Å². The van der Waals surface area contributed by atoms with Crippen molar-refractivity contribution in [3.05, 3.63) is 107 Å². The van der Waals surface area contributed by atoms with Crippen LogP contribution in [0, 0.1) is 11.6 Å². The normalized spacial score (nSPS) is 22.4. The van der Waals surface area contributed by atoms with Crippen molar-refractivity contribution in [3.8, 4) is 0 Å². The fourth-order valence-corrected chi connectivity index (χ4v) is 5.45. The summed E-state index contributed by atoms with van der Waals surface area (Å²) in [6.07, 6.45) is 4.06. The zero-order valence-electron chi connectivity index (χ0n) is 19.3. The van der Waals surface area contributed by atoms with E-state index < -0.39 is 0 Å². The van der Waals surface area contributed by atoms with Crippen molar-refractivity contribution in [3.63, 3.8) is 0 Å². The van der Waals surface area contributed by atoms with Crippen LogP contribution in [-0.2, 0) is 16.1 Å². The molecule has 5 heteroatoms. The number of fused-ring (bicyclic) bond motifs is 2. The van der Waals surface area contributed by atoms with Crippen molar-refractivity contribution >= 4 is 0 Å². The molecule has 2 aliphatic heterocycles. The molecule has 0 spiro atoms. The molecule has 3 atom stereocenters. The van der Waals surface area contributed by atoms with Crippen LogP contribution in [0.25, 0.3) is 0 Å². The van der Waals surface area contributed by atoms with Gasteiger partial charge in [-0.05, 0) is 66.6 Å². The largest absolute Gasteiger partial charge is 0.375 e. The number of nitrogens with zero attached hydrogens (tertiary/aromatic N) is 1. The molecule has 0 radical (unpaired) electrons. The van der Waals surface area contributed by atoms with Gasteiger partial charge in [0.1, 0.15) is 17.7 Å². The maximum atomic E-state index is 13.5. The van der Waals surface area contributed by atoms with Crippen molar-refractivity contribution in [2.24, 2.45) is 0 Å². The van der Waals surface area contributed by atoms with Gasteiger partial charge >= 0.3 is 0 Å². The highest BCUT2D eigenvalue weighted by Crippen LogP contribution is 2.39. The second-order valence-corrected chi connectivity index (χ2v) is 9.37. The zero-order valence-corrected chi connectivity index (χ0v) is 19.3. The van der Waals surface area contributed by atoms with Gasteiger partial charge in [0.05, 0.1) is 19.3 Å². The minimum atomic E-state index is -0.341. The standard InChI is InChI=1S/C29H31F2NO2/c30-24-10-6-22(7-11-24)29(23-8-12-25(31)13-9-23)34-28-18-26-14-15-27(19-28)32(26)16-17-33-20-21-4-2-1-3-5-21/h1-13,26-29H,14-20H2/t26-,27+,28?. The Kier molecular flexibility index (Phi) is 7.33. The summed E-state index contributed by atoms with van der Waals surface area (Å²) in [5, 5.41) is 0. The van der Waals surface area contributed by atoms with Gasteiger partial charge in [0.25, 0.3) is 0 Å². The van der Waals surface area contributed by atoms with Crippen molar-refractivity contribution in [1.29, 1.82) is 0 Å². The van der Waals surface area contributed by atoms with E-state index in [-0.39, 0.29) is 23.8 Å². The molecule has 3 aromatic carbocycles. The Labute approximate surface area is 200 Å². The van der Waals surface area contributed by atoms with Crippen LogP contribution in [0.4, 0.5) is 8.78 Å². The molecule has 1 unspecified atom stereocenters. The average Bonchev–Trinajstić information content (AvgIpc) is 3.09. The fraction of sp³-hybridized carbons (Fsp3) is 0.379. The van der Waals surface area contributed by atoms with Crippen molar-refractivity contribution in [2.45, 2.75) is 56.6 Å². The Hall–Kier alpha value is -2.60. The highest BCUT2D eigenvalue weighted by molar-refractivity contribution is 5.30. The molecule has 0 N–H and O–H groups in total. The van der Waals surface area contributed by atoms with Crippen LogP contribution in [0.5, 0.6) is 0 Å². The van der Waals surface area contributed by atoms with E-state index in [9.17, 15) is 8.78 Å². The lowest BCUT2D eigenvalue weighted by atomic mass is 9.97. The number of halogens is 2. The minimum absolute atomic E-state index is 0.110. The summed E-state index contributed by atoms with van der Waals surface area (Å²) < 4.78 is 39.7. The summed E-state index contributed by atoms with van der Waals surface area (Å²) in [7, 11) is 0. The Balaban J connectivity index is 1.20. The first-order valence-electron chi connectivity index (χ1n) is 12.2. The molecule has 3 aromatic rings. The van der Waals surface area contributed by atoms with E-state index in [2.05, 4.69) is 17.0 Å². The van der Waals surface area contributed by atoms with Crippen LogP contribution in [0.2, 0.25) is 0 Å². The third-order valence-electron chi connectivity index (χ3n) is 7.12. The van der Waals surface area contributed by atoms with E-state index in [0.717, 1.165) is 37.1 Å². The summed E-state index contributed by atoms with van der Waals surface area (Å²) in [4.78, 5) is 2.59. The second-order valence-electron chi connectivity index (χ2n) is 9.37. The maximum absolute atomic E-state index is 13.5. The highest BCUT2D eigenvalue weighted by atomic mass is 19.1. The topological polar surface area (TPSA) is 21.7 Å². The molecular formula is C29H31F2NO2. The van der Waals surface area contributed by atoms with Gasteiger partial charge in [-0.2, -0.15) is 0 Å². The second kappa shape index (κ2) is 10.8. The molecule has 3 nitrogen and oxygen atoms in total. The summed E-state index contributed by atoms with van der Waals surface area (Å²) >= 11 is 0. The molecule has 2 bridgehead atoms. The number of rotatable bonds is 9. The summed E-state index contributed by atoms with van der Waals surface area (Å²) in [6, 6.07) is 24.1. The summed E-state index contributed by atoms with van der Waals surface area (Å²) in [5.41, 5.74) is 2.97. The third-order valence-corrected chi connectivity index (χ3v) is 7.12. The van der Waals surface area contributed by atoms with Crippen LogP contribution < -0.4 is 0 Å².